The number of halogens is 1. The van der Waals surface area contributed by atoms with Gasteiger partial charge in [0.15, 0.2) is 5.58 Å². The number of hydrogen-bond acceptors (Lipinski definition) is 1. The number of benzene rings is 6. The average molecular weight is 564 g/mol. The Bertz CT molecular complexity index is 2190. The number of para-hydroxylation sites is 2. The molecule has 0 atom stereocenters. The summed E-state index contributed by atoms with van der Waals surface area (Å²) >= 11 is 3.81. The summed E-state index contributed by atoms with van der Waals surface area (Å²) in [6.45, 7) is 0. The van der Waals surface area contributed by atoms with Crippen LogP contribution in [0.25, 0.3) is 71.7 Å². The number of furan rings is 1. The van der Waals surface area contributed by atoms with Crippen LogP contribution in [0.15, 0.2) is 142 Å². The zero-order valence-corrected chi connectivity index (χ0v) is 22.5. The first-order valence-corrected chi connectivity index (χ1v) is 13.9. The molecule has 0 aliphatic rings. The summed E-state index contributed by atoms with van der Waals surface area (Å²) in [4.78, 5) is 0. The lowest BCUT2D eigenvalue weighted by atomic mass is 9.95. The monoisotopic (exact) mass is 563 g/mol. The van der Waals surface area contributed by atoms with Crippen LogP contribution >= 0.6 is 15.9 Å². The molecule has 0 amide bonds. The molecule has 0 saturated carbocycles. The number of nitrogens with zero attached hydrogens (tertiary/aromatic N) is 1. The van der Waals surface area contributed by atoms with Crippen molar-refractivity contribution in [2.24, 2.45) is 0 Å². The largest absolute Gasteiger partial charge is 0.454 e. The molecule has 0 spiro atoms. The first-order chi connectivity index (χ1) is 19.3. The minimum absolute atomic E-state index is 0.890. The number of fused-ring (bicyclic) bond motifs is 6. The lowest BCUT2D eigenvalue weighted by Gasteiger charge is -2.12. The van der Waals surface area contributed by atoms with Gasteiger partial charge >= 0.3 is 0 Å². The normalized spacial score (nSPS) is 11.7. The lowest BCUT2D eigenvalue weighted by Crippen LogP contribution is -1.95. The van der Waals surface area contributed by atoms with Crippen LogP contribution in [0.2, 0.25) is 0 Å². The molecule has 39 heavy (non-hydrogen) atoms. The van der Waals surface area contributed by atoms with Crippen molar-refractivity contribution in [1.82, 2.24) is 4.57 Å². The van der Waals surface area contributed by atoms with Crippen LogP contribution in [0, 0.1) is 0 Å². The Balaban J connectivity index is 1.46. The van der Waals surface area contributed by atoms with E-state index in [1.54, 1.807) is 0 Å². The summed E-state index contributed by atoms with van der Waals surface area (Å²) in [6, 6.07) is 47.1. The van der Waals surface area contributed by atoms with E-state index in [-0.39, 0.29) is 0 Å². The van der Waals surface area contributed by atoms with Crippen LogP contribution in [-0.4, -0.2) is 4.57 Å². The van der Waals surface area contributed by atoms with Gasteiger partial charge in [0, 0.05) is 26.0 Å². The van der Waals surface area contributed by atoms with Crippen molar-refractivity contribution in [3.05, 3.63) is 138 Å². The Morgan fingerprint density at radius 1 is 0.513 bits per heavy atom. The van der Waals surface area contributed by atoms with Gasteiger partial charge < -0.3 is 8.98 Å². The van der Waals surface area contributed by atoms with Crippen LogP contribution in [0.1, 0.15) is 0 Å². The van der Waals surface area contributed by atoms with Gasteiger partial charge in [0.05, 0.1) is 16.7 Å². The van der Waals surface area contributed by atoms with Crippen LogP contribution in [0.4, 0.5) is 0 Å². The third kappa shape index (κ3) is 3.40. The molecule has 0 unspecified atom stereocenters. The van der Waals surface area contributed by atoms with Crippen LogP contribution < -0.4 is 0 Å². The van der Waals surface area contributed by atoms with E-state index in [0.717, 1.165) is 43.1 Å². The second-order valence-electron chi connectivity index (χ2n) is 9.87. The Morgan fingerprint density at radius 3 is 2.10 bits per heavy atom. The van der Waals surface area contributed by atoms with E-state index in [0.29, 0.717) is 0 Å². The SMILES string of the molecule is Brc1cccc2c1c1ccccc1n2-c1ccc(-c2cccc(-c3ccccc3)c2)c2c1oc1ccccc12. The smallest absolute Gasteiger partial charge is 0.160 e. The van der Waals surface area contributed by atoms with Gasteiger partial charge in [-0.2, -0.15) is 0 Å². The molecule has 0 aliphatic heterocycles. The predicted molar refractivity (Wildman–Crippen MR) is 167 cm³/mol. The van der Waals surface area contributed by atoms with Gasteiger partial charge in [-0.15, -0.1) is 0 Å². The summed E-state index contributed by atoms with van der Waals surface area (Å²) in [5.41, 5.74) is 9.86. The van der Waals surface area contributed by atoms with Gasteiger partial charge in [-0.25, -0.2) is 0 Å². The average Bonchev–Trinajstić information content (AvgIpc) is 3.55. The summed E-state index contributed by atoms with van der Waals surface area (Å²) < 4.78 is 10.1. The third-order valence-corrected chi connectivity index (χ3v) is 8.33. The van der Waals surface area contributed by atoms with E-state index in [9.17, 15) is 0 Å². The quantitative estimate of drug-likeness (QED) is 0.209. The molecule has 184 valence electrons. The number of hydrogen-bond donors (Lipinski definition) is 0. The Hall–Kier alpha value is -4.60. The molecule has 2 aromatic heterocycles. The van der Waals surface area contributed by atoms with Crippen LogP contribution in [-0.2, 0) is 0 Å². The predicted octanol–water partition coefficient (Wildman–Crippen LogP) is 10.8. The first-order valence-electron chi connectivity index (χ1n) is 13.1. The van der Waals surface area contributed by atoms with Crippen molar-refractivity contribution >= 4 is 59.7 Å². The van der Waals surface area contributed by atoms with E-state index in [2.05, 4.69) is 148 Å². The fraction of sp³-hybridized carbons (Fsp3) is 0. The minimum atomic E-state index is 0.890. The highest BCUT2D eigenvalue weighted by molar-refractivity contribution is 9.10. The Morgan fingerprint density at radius 2 is 1.21 bits per heavy atom. The molecule has 2 heterocycles. The van der Waals surface area contributed by atoms with E-state index >= 15 is 0 Å². The van der Waals surface area contributed by atoms with Crippen LogP contribution in [0.5, 0.6) is 0 Å². The van der Waals surface area contributed by atoms with E-state index in [1.807, 2.05) is 6.07 Å². The van der Waals surface area contributed by atoms with Crippen molar-refractivity contribution in [2.75, 3.05) is 0 Å². The molecule has 0 fully saturated rings. The second-order valence-corrected chi connectivity index (χ2v) is 10.7. The summed E-state index contributed by atoms with van der Waals surface area (Å²) in [6.07, 6.45) is 0. The Labute approximate surface area is 233 Å². The summed E-state index contributed by atoms with van der Waals surface area (Å²) in [5.74, 6) is 0. The first kappa shape index (κ1) is 22.4. The van der Waals surface area contributed by atoms with Crippen molar-refractivity contribution in [2.45, 2.75) is 0 Å². The van der Waals surface area contributed by atoms with E-state index < -0.39 is 0 Å². The maximum atomic E-state index is 6.68. The molecule has 0 N–H and O–H groups in total. The molecule has 0 bridgehead atoms. The number of rotatable bonds is 3. The molecule has 0 radical (unpaired) electrons. The maximum absolute atomic E-state index is 6.68. The molecular formula is C36H22BrNO. The standard InChI is InChI=1S/C36H22BrNO/c37-29-16-9-18-31-35(29)27-14-4-6-17-30(27)38(31)32-21-20-26(34-28-15-5-7-19-33(28)39-36(32)34)25-13-8-12-24(22-25)23-10-2-1-3-11-23/h1-22H. The molecule has 2 nitrogen and oxygen atoms in total. The Kier molecular flexibility index (Phi) is 5.01. The van der Waals surface area contributed by atoms with Gasteiger partial charge in [0.1, 0.15) is 5.58 Å². The molecule has 8 rings (SSSR count). The molecule has 8 aromatic rings. The van der Waals surface area contributed by atoms with Gasteiger partial charge in [-0.1, -0.05) is 113 Å². The van der Waals surface area contributed by atoms with Crippen LogP contribution in [0.3, 0.4) is 0 Å². The summed E-state index contributed by atoms with van der Waals surface area (Å²) in [7, 11) is 0. The molecule has 3 heteroatoms. The van der Waals surface area contributed by atoms with Gasteiger partial charge in [0.2, 0.25) is 0 Å². The lowest BCUT2D eigenvalue weighted by molar-refractivity contribution is 0.666. The van der Waals surface area contributed by atoms with E-state index in [1.165, 1.54) is 33.0 Å². The van der Waals surface area contributed by atoms with Crippen molar-refractivity contribution in [1.29, 1.82) is 0 Å². The fourth-order valence-corrected chi connectivity index (χ4v) is 6.53. The highest BCUT2D eigenvalue weighted by Gasteiger charge is 2.21. The maximum Gasteiger partial charge on any atom is 0.160 e. The zero-order valence-electron chi connectivity index (χ0n) is 20.9. The van der Waals surface area contributed by atoms with Gasteiger partial charge in [-0.3, -0.25) is 0 Å². The topological polar surface area (TPSA) is 18.1 Å². The number of aromatic nitrogens is 1. The fourth-order valence-electron chi connectivity index (χ4n) is 5.96. The van der Waals surface area contributed by atoms with E-state index in [4.69, 9.17) is 4.42 Å². The van der Waals surface area contributed by atoms with Crippen molar-refractivity contribution in [3.63, 3.8) is 0 Å². The highest BCUT2D eigenvalue weighted by Crippen LogP contribution is 2.43. The summed E-state index contributed by atoms with van der Waals surface area (Å²) in [5, 5.41) is 4.67. The molecular weight excluding hydrogens is 542 g/mol. The molecule has 0 saturated heterocycles. The second kappa shape index (κ2) is 8.72. The van der Waals surface area contributed by atoms with Gasteiger partial charge in [0.25, 0.3) is 0 Å². The minimum Gasteiger partial charge on any atom is -0.454 e. The third-order valence-electron chi connectivity index (χ3n) is 7.67. The molecule has 0 aliphatic carbocycles. The highest BCUT2D eigenvalue weighted by atomic mass is 79.9. The molecule has 6 aromatic carbocycles. The zero-order chi connectivity index (χ0) is 25.9. The van der Waals surface area contributed by atoms with Gasteiger partial charge in [-0.05, 0) is 58.7 Å². The van der Waals surface area contributed by atoms with Crippen molar-refractivity contribution < 1.29 is 4.42 Å². The van der Waals surface area contributed by atoms with Crippen molar-refractivity contribution in [3.8, 4) is 27.9 Å².